The third kappa shape index (κ3) is 4.72. The average Bonchev–Trinajstić information content (AvgIpc) is 2.80. The third-order valence-electron chi connectivity index (χ3n) is 4.85. The topological polar surface area (TPSA) is 85.2 Å². The largest absolute Gasteiger partial charge is 0.497 e. The van der Waals surface area contributed by atoms with Crippen molar-refractivity contribution in [3.05, 3.63) is 94.9 Å². The van der Waals surface area contributed by atoms with Gasteiger partial charge in [-0.2, -0.15) is 4.98 Å². The molecule has 156 valence electrons. The molecule has 1 aromatic heterocycles. The summed E-state index contributed by atoms with van der Waals surface area (Å²) in [6, 6.07) is 24.3. The van der Waals surface area contributed by atoms with Crippen LogP contribution in [0.25, 0.3) is 10.9 Å². The SMILES string of the molecule is COc1cccc(NC(=O)Cn2c(=O)nc(NCc3ccccc3)c3ccccc32)c1. The molecule has 7 heteroatoms. The van der Waals surface area contributed by atoms with Crippen LogP contribution in [-0.2, 0) is 17.9 Å². The fraction of sp³-hybridized carbons (Fsp3) is 0.125. The van der Waals surface area contributed by atoms with E-state index >= 15 is 0 Å². The van der Waals surface area contributed by atoms with Gasteiger partial charge >= 0.3 is 5.69 Å². The number of carbonyl (C=O) groups is 1. The smallest absolute Gasteiger partial charge is 0.350 e. The minimum atomic E-state index is -0.491. The van der Waals surface area contributed by atoms with Gasteiger partial charge in [-0.05, 0) is 29.8 Å². The molecule has 0 aliphatic carbocycles. The maximum atomic E-state index is 12.8. The van der Waals surface area contributed by atoms with Crippen molar-refractivity contribution in [1.82, 2.24) is 9.55 Å². The molecule has 3 aromatic carbocycles. The predicted octanol–water partition coefficient (Wildman–Crippen LogP) is 3.66. The monoisotopic (exact) mass is 414 g/mol. The Hall–Kier alpha value is -4.13. The van der Waals surface area contributed by atoms with Gasteiger partial charge in [0.05, 0.1) is 12.6 Å². The third-order valence-corrected chi connectivity index (χ3v) is 4.85. The van der Waals surface area contributed by atoms with E-state index in [1.165, 1.54) is 4.57 Å². The van der Waals surface area contributed by atoms with Crippen molar-refractivity contribution in [2.24, 2.45) is 0 Å². The van der Waals surface area contributed by atoms with Gasteiger partial charge in [0.25, 0.3) is 0 Å². The summed E-state index contributed by atoms with van der Waals surface area (Å²) in [4.78, 5) is 29.6. The van der Waals surface area contributed by atoms with Crippen LogP contribution >= 0.6 is 0 Å². The van der Waals surface area contributed by atoms with Crippen LogP contribution in [0.4, 0.5) is 11.5 Å². The Morgan fingerprint density at radius 3 is 2.58 bits per heavy atom. The molecular formula is C24H22N4O3. The summed E-state index contributed by atoms with van der Waals surface area (Å²) in [6.07, 6.45) is 0. The highest BCUT2D eigenvalue weighted by Gasteiger charge is 2.13. The molecule has 0 atom stereocenters. The number of para-hydroxylation sites is 1. The number of fused-ring (bicyclic) bond motifs is 1. The van der Waals surface area contributed by atoms with E-state index in [1.807, 2.05) is 54.6 Å². The second kappa shape index (κ2) is 9.13. The summed E-state index contributed by atoms with van der Waals surface area (Å²) < 4.78 is 6.55. The Morgan fingerprint density at radius 1 is 1.00 bits per heavy atom. The Morgan fingerprint density at radius 2 is 1.77 bits per heavy atom. The number of nitrogens with zero attached hydrogens (tertiary/aromatic N) is 2. The maximum absolute atomic E-state index is 12.8. The van der Waals surface area contributed by atoms with E-state index in [2.05, 4.69) is 15.6 Å². The molecule has 0 aliphatic rings. The molecule has 2 N–H and O–H groups in total. The molecule has 0 unspecified atom stereocenters. The molecule has 0 radical (unpaired) electrons. The predicted molar refractivity (Wildman–Crippen MR) is 121 cm³/mol. The number of anilines is 2. The van der Waals surface area contributed by atoms with E-state index in [-0.39, 0.29) is 12.5 Å². The Balaban J connectivity index is 1.59. The molecule has 0 aliphatic heterocycles. The Labute approximate surface area is 179 Å². The Kier molecular flexibility index (Phi) is 5.93. The zero-order valence-corrected chi connectivity index (χ0v) is 17.0. The highest BCUT2D eigenvalue weighted by atomic mass is 16.5. The fourth-order valence-electron chi connectivity index (χ4n) is 3.34. The van der Waals surface area contributed by atoms with E-state index in [1.54, 1.807) is 31.4 Å². The number of benzene rings is 3. The van der Waals surface area contributed by atoms with Crippen LogP contribution in [0.3, 0.4) is 0 Å². The van der Waals surface area contributed by atoms with Gasteiger partial charge in [0, 0.05) is 23.7 Å². The van der Waals surface area contributed by atoms with Crippen molar-refractivity contribution in [3.8, 4) is 5.75 Å². The lowest BCUT2D eigenvalue weighted by molar-refractivity contribution is -0.116. The van der Waals surface area contributed by atoms with Crippen molar-refractivity contribution in [2.75, 3.05) is 17.7 Å². The number of ether oxygens (including phenoxy) is 1. The molecule has 4 rings (SSSR count). The molecule has 4 aromatic rings. The van der Waals surface area contributed by atoms with E-state index in [0.29, 0.717) is 29.3 Å². The van der Waals surface area contributed by atoms with Crippen molar-refractivity contribution in [2.45, 2.75) is 13.1 Å². The van der Waals surface area contributed by atoms with E-state index in [9.17, 15) is 9.59 Å². The van der Waals surface area contributed by atoms with Crippen molar-refractivity contribution in [3.63, 3.8) is 0 Å². The lowest BCUT2D eigenvalue weighted by atomic mass is 10.2. The molecule has 1 heterocycles. The average molecular weight is 414 g/mol. The van der Waals surface area contributed by atoms with Crippen molar-refractivity contribution in [1.29, 1.82) is 0 Å². The fourth-order valence-corrected chi connectivity index (χ4v) is 3.34. The van der Waals surface area contributed by atoms with Gasteiger partial charge in [-0.1, -0.05) is 48.5 Å². The zero-order chi connectivity index (χ0) is 21.6. The lowest BCUT2D eigenvalue weighted by Crippen LogP contribution is -2.30. The van der Waals surface area contributed by atoms with Gasteiger partial charge < -0.3 is 15.4 Å². The molecule has 7 nitrogen and oxygen atoms in total. The van der Waals surface area contributed by atoms with Crippen LogP contribution in [0.2, 0.25) is 0 Å². The van der Waals surface area contributed by atoms with Crippen LogP contribution in [0.1, 0.15) is 5.56 Å². The van der Waals surface area contributed by atoms with Gasteiger partial charge in [0.2, 0.25) is 5.91 Å². The molecule has 31 heavy (non-hydrogen) atoms. The first-order valence-electron chi connectivity index (χ1n) is 9.85. The number of carbonyl (C=O) groups excluding carboxylic acids is 1. The van der Waals surface area contributed by atoms with Gasteiger partial charge in [-0.25, -0.2) is 4.79 Å². The highest BCUT2D eigenvalue weighted by molar-refractivity contribution is 5.93. The minimum absolute atomic E-state index is 0.150. The van der Waals surface area contributed by atoms with E-state index < -0.39 is 5.69 Å². The van der Waals surface area contributed by atoms with E-state index in [4.69, 9.17) is 4.74 Å². The van der Waals surface area contributed by atoms with Gasteiger partial charge in [-0.3, -0.25) is 9.36 Å². The summed E-state index contributed by atoms with van der Waals surface area (Å²) >= 11 is 0. The quantitative estimate of drug-likeness (QED) is 0.482. The molecule has 0 spiro atoms. The lowest BCUT2D eigenvalue weighted by Gasteiger charge is -2.14. The first-order chi connectivity index (χ1) is 15.1. The molecular weight excluding hydrogens is 392 g/mol. The first-order valence-corrected chi connectivity index (χ1v) is 9.85. The normalized spacial score (nSPS) is 10.6. The minimum Gasteiger partial charge on any atom is -0.497 e. The van der Waals surface area contributed by atoms with Gasteiger partial charge in [0.1, 0.15) is 18.1 Å². The first kappa shape index (κ1) is 20.2. The van der Waals surface area contributed by atoms with Crippen LogP contribution in [0.15, 0.2) is 83.7 Å². The highest BCUT2D eigenvalue weighted by Crippen LogP contribution is 2.21. The zero-order valence-electron chi connectivity index (χ0n) is 17.0. The Bertz CT molecular complexity index is 1270. The standard InChI is InChI=1S/C24H22N4O3/c1-31-19-11-7-10-18(14-19)26-22(29)16-28-21-13-6-5-12-20(21)23(27-24(28)30)25-15-17-8-3-2-4-9-17/h2-14H,15-16H2,1H3,(H,26,29)(H,25,27,30). The molecule has 0 saturated carbocycles. The molecule has 1 amide bonds. The summed E-state index contributed by atoms with van der Waals surface area (Å²) in [5.74, 6) is 0.803. The molecule has 0 fully saturated rings. The second-order valence-corrected chi connectivity index (χ2v) is 6.97. The van der Waals surface area contributed by atoms with Gasteiger partial charge in [0.15, 0.2) is 0 Å². The van der Waals surface area contributed by atoms with Crippen LogP contribution in [0.5, 0.6) is 5.75 Å². The van der Waals surface area contributed by atoms with E-state index in [0.717, 1.165) is 10.9 Å². The summed E-state index contributed by atoms with van der Waals surface area (Å²) in [5, 5.41) is 6.81. The summed E-state index contributed by atoms with van der Waals surface area (Å²) in [6.45, 7) is 0.389. The number of hydrogen-bond acceptors (Lipinski definition) is 5. The molecule has 0 saturated heterocycles. The van der Waals surface area contributed by atoms with Gasteiger partial charge in [-0.15, -0.1) is 0 Å². The molecule has 0 bridgehead atoms. The number of nitrogens with one attached hydrogen (secondary N) is 2. The van der Waals surface area contributed by atoms with Crippen LogP contribution in [0, 0.1) is 0 Å². The summed E-state index contributed by atoms with van der Waals surface area (Å²) in [7, 11) is 1.56. The summed E-state index contributed by atoms with van der Waals surface area (Å²) in [5.41, 5.74) is 1.82. The number of aromatic nitrogens is 2. The maximum Gasteiger partial charge on any atom is 0.350 e. The number of hydrogen-bond donors (Lipinski definition) is 2. The number of methoxy groups -OCH3 is 1. The number of amides is 1. The number of rotatable bonds is 7. The van der Waals surface area contributed by atoms with Crippen molar-refractivity contribution >= 4 is 28.3 Å². The van der Waals surface area contributed by atoms with Crippen LogP contribution < -0.4 is 21.1 Å². The second-order valence-electron chi connectivity index (χ2n) is 6.97. The van der Waals surface area contributed by atoms with Crippen LogP contribution in [-0.4, -0.2) is 22.6 Å². The van der Waals surface area contributed by atoms with Crippen molar-refractivity contribution < 1.29 is 9.53 Å².